The first kappa shape index (κ1) is 21.8. The average Bonchev–Trinajstić information content (AvgIpc) is 3.05. The van der Waals surface area contributed by atoms with Gasteiger partial charge in [0, 0.05) is 32.2 Å². The van der Waals surface area contributed by atoms with Gasteiger partial charge in [-0.1, -0.05) is 0 Å². The van der Waals surface area contributed by atoms with Crippen molar-refractivity contribution in [2.75, 3.05) is 45.9 Å². The molecule has 0 aliphatic carbocycles. The van der Waals surface area contributed by atoms with E-state index in [1.54, 1.807) is 0 Å². The van der Waals surface area contributed by atoms with E-state index in [9.17, 15) is 4.79 Å². The summed E-state index contributed by atoms with van der Waals surface area (Å²) in [5, 5.41) is 9.33. The molecule has 3 N–H and O–H groups in total. The van der Waals surface area contributed by atoms with Crippen LogP contribution in [0.25, 0.3) is 0 Å². The molecule has 156 valence electrons. The number of carbonyl (C=O) groups excluding carboxylic acids is 1. The largest absolute Gasteiger partial charge is 0.444 e. The topological polar surface area (TPSA) is 87.2 Å². The minimum Gasteiger partial charge on any atom is -0.444 e. The van der Waals surface area contributed by atoms with Crippen molar-refractivity contribution in [2.45, 2.75) is 64.7 Å². The second-order valence-corrected chi connectivity index (χ2v) is 8.17. The first-order valence-electron chi connectivity index (χ1n) is 10.2. The third-order valence-corrected chi connectivity index (χ3v) is 4.57. The standard InChI is InChI=1S/C19H37N5O3/c1-5-20-17(21-9-7-10-22-18(25)27-19(2,3)4)23-12-16-13-24-11-6-8-15(24)14-26-16/h15-16H,5-14H2,1-4H3,(H,22,25)(H2,20,21,23). The molecule has 0 spiro atoms. The number of guanidine groups is 1. The maximum absolute atomic E-state index is 11.6. The third kappa shape index (κ3) is 8.34. The van der Waals surface area contributed by atoms with Crippen LogP contribution in [0, 0.1) is 0 Å². The summed E-state index contributed by atoms with van der Waals surface area (Å²) >= 11 is 0. The smallest absolute Gasteiger partial charge is 0.407 e. The number of hydrogen-bond acceptors (Lipinski definition) is 5. The van der Waals surface area contributed by atoms with Crippen LogP contribution < -0.4 is 16.0 Å². The molecule has 27 heavy (non-hydrogen) atoms. The number of hydrogen-bond donors (Lipinski definition) is 3. The highest BCUT2D eigenvalue weighted by atomic mass is 16.6. The second kappa shape index (κ2) is 10.7. The third-order valence-electron chi connectivity index (χ3n) is 4.57. The molecule has 2 rings (SSSR count). The number of carbonyl (C=O) groups is 1. The van der Waals surface area contributed by atoms with E-state index in [-0.39, 0.29) is 12.2 Å². The van der Waals surface area contributed by atoms with Crippen LogP contribution in [0.4, 0.5) is 4.79 Å². The predicted molar refractivity (Wildman–Crippen MR) is 107 cm³/mol. The monoisotopic (exact) mass is 383 g/mol. The lowest BCUT2D eigenvalue weighted by Crippen LogP contribution is -2.47. The molecule has 0 aromatic rings. The molecular formula is C19H37N5O3. The Balaban J connectivity index is 1.64. The Morgan fingerprint density at radius 1 is 1.26 bits per heavy atom. The summed E-state index contributed by atoms with van der Waals surface area (Å²) in [5.41, 5.74) is -0.469. The van der Waals surface area contributed by atoms with Crippen LogP contribution in [0.2, 0.25) is 0 Å². The number of morpholine rings is 1. The van der Waals surface area contributed by atoms with Crippen molar-refractivity contribution < 1.29 is 14.3 Å². The van der Waals surface area contributed by atoms with Crippen LogP contribution in [0.1, 0.15) is 47.0 Å². The van der Waals surface area contributed by atoms with Gasteiger partial charge in [-0.05, 0) is 53.5 Å². The molecule has 0 aromatic carbocycles. The summed E-state index contributed by atoms with van der Waals surface area (Å²) in [6.07, 6.45) is 3.13. The van der Waals surface area contributed by atoms with Gasteiger partial charge in [0.25, 0.3) is 0 Å². The van der Waals surface area contributed by atoms with E-state index < -0.39 is 5.60 Å². The van der Waals surface area contributed by atoms with E-state index in [0.717, 1.165) is 38.6 Å². The lowest BCUT2D eigenvalue weighted by molar-refractivity contribution is -0.0432. The average molecular weight is 384 g/mol. The molecule has 2 aliphatic heterocycles. The van der Waals surface area contributed by atoms with Crippen molar-refractivity contribution in [1.82, 2.24) is 20.9 Å². The number of aliphatic imine (C=N–C) groups is 1. The highest BCUT2D eigenvalue weighted by molar-refractivity contribution is 5.79. The van der Waals surface area contributed by atoms with Gasteiger partial charge in [0.05, 0.1) is 19.3 Å². The Morgan fingerprint density at radius 2 is 2.04 bits per heavy atom. The molecule has 8 nitrogen and oxygen atoms in total. The fourth-order valence-corrected chi connectivity index (χ4v) is 3.33. The maximum Gasteiger partial charge on any atom is 0.407 e. The molecule has 1 amide bonds. The van der Waals surface area contributed by atoms with Crippen molar-refractivity contribution in [3.05, 3.63) is 0 Å². The number of nitrogens with zero attached hydrogens (tertiary/aromatic N) is 2. The van der Waals surface area contributed by atoms with Crippen molar-refractivity contribution in [1.29, 1.82) is 0 Å². The van der Waals surface area contributed by atoms with Crippen molar-refractivity contribution in [3.63, 3.8) is 0 Å². The summed E-state index contributed by atoms with van der Waals surface area (Å²) in [6, 6.07) is 0.620. The van der Waals surface area contributed by atoms with Crippen molar-refractivity contribution in [2.24, 2.45) is 4.99 Å². The molecule has 0 radical (unpaired) electrons. The summed E-state index contributed by atoms with van der Waals surface area (Å²) < 4.78 is 11.2. The zero-order valence-corrected chi connectivity index (χ0v) is 17.3. The Hall–Kier alpha value is -1.54. The molecule has 2 heterocycles. The van der Waals surface area contributed by atoms with Gasteiger partial charge < -0.3 is 25.4 Å². The van der Waals surface area contributed by atoms with E-state index in [0.29, 0.717) is 19.1 Å². The second-order valence-electron chi connectivity index (χ2n) is 8.17. The van der Waals surface area contributed by atoms with Gasteiger partial charge in [-0.25, -0.2) is 4.79 Å². The van der Waals surface area contributed by atoms with E-state index >= 15 is 0 Å². The zero-order chi connectivity index (χ0) is 19.7. The van der Waals surface area contributed by atoms with Crippen LogP contribution in [0.15, 0.2) is 4.99 Å². The molecule has 0 bridgehead atoms. The van der Waals surface area contributed by atoms with E-state index in [4.69, 9.17) is 9.47 Å². The van der Waals surface area contributed by atoms with Crippen molar-refractivity contribution in [3.8, 4) is 0 Å². The fourth-order valence-electron chi connectivity index (χ4n) is 3.33. The molecule has 2 fully saturated rings. The molecule has 0 aromatic heterocycles. The molecule has 2 unspecified atom stereocenters. The summed E-state index contributed by atoms with van der Waals surface area (Å²) in [7, 11) is 0. The molecule has 2 aliphatic rings. The SMILES string of the molecule is CCNC(=NCC1CN2CCCC2CO1)NCCCNC(=O)OC(C)(C)C. The van der Waals surface area contributed by atoms with Gasteiger partial charge in [0.2, 0.25) is 0 Å². The number of amides is 1. The molecular weight excluding hydrogens is 346 g/mol. The highest BCUT2D eigenvalue weighted by Gasteiger charge is 2.31. The highest BCUT2D eigenvalue weighted by Crippen LogP contribution is 2.22. The first-order valence-corrected chi connectivity index (χ1v) is 10.2. The van der Waals surface area contributed by atoms with Crippen LogP contribution in [-0.2, 0) is 9.47 Å². The van der Waals surface area contributed by atoms with Gasteiger partial charge in [-0.2, -0.15) is 0 Å². The lowest BCUT2D eigenvalue weighted by Gasteiger charge is -2.34. The van der Waals surface area contributed by atoms with E-state index in [1.807, 2.05) is 27.7 Å². The first-order chi connectivity index (χ1) is 12.9. The van der Waals surface area contributed by atoms with Crippen LogP contribution >= 0.6 is 0 Å². The minimum absolute atomic E-state index is 0.170. The maximum atomic E-state index is 11.6. The van der Waals surface area contributed by atoms with Crippen LogP contribution in [0.3, 0.4) is 0 Å². The predicted octanol–water partition coefficient (Wildman–Crippen LogP) is 1.32. The van der Waals surface area contributed by atoms with Gasteiger partial charge in [0.15, 0.2) is 5.96 Å². The van der Waals surface area contributed by atoms with Crippen LogP contribution in [0.5, 0.6) is 0 Å². The number of ether oxygens (including phenoxy) is 2. The lowest BCUT2D eigenvalue weighted by atomic mass is 10.2. The summed E-state index contributed by atoms with van der Waals surface area (Å²) in [4.78, 5) is 18.8. The van der Waals surface area contributed by atoms with Gasteiger partial charge >= 0.3 is 6.09 Å². The zero-order valence-electron chi connectivity index (χ0n) is 17.3. The van der Waals surface area contributed by atoms with E-state index in [1.165, 1.54) is 19.4 Å². The Morgan fingerprint density at radius 3 is 2.78 bits per heavy atom. The fraction of sp³-hybridized carbons (Fsp3) is 0.895. The van der Waals surface area contributed by atoms with E-state index in [2.05, 4.69) is 25.8 Å². The molecule has 8 heteroatoms. The molecule has 2 atom stereocenters. The van der Waals surface area contributed by atoms with Gasteiger partial charge in [-0.15, -0.1) is 0 Å². The number of fused-ring (bicyclic) bond motifs is 1. The summed E-state index contributed by atoms with van der Waals surface area (Å²) in [6.45, 7) is 13.4. The van der Waals surface area contributed by atoms with Gasteiger partial charge in [-0.3, -0.25) is 9.89 Å². The quantitative estimate of drug-likeness (QED) is 0.349. The Labute approximate surface area is 163 Å². The van der Waals surface area contributed by atoms with Crippen molar-refractivity contribution >= 4 is 12.1 Å². The number of nitrogens with one attached hydrogen (secondary N) is 3. The number of alkyl carbamates (subject to hydrolysis) is 1. The Kier molecular flexibility index (Phi) is 8.63. The normalized spacial score (nSPS) is 23.6. The molecule has 0 saturated carbocycles. The van der Waals surface area contributed by atoms with Crippen LogP contribution in [-0.4, -0.2) is 80.6 Å². The Bertz CT molecular complexity index is 492. The summed E-state index contributed by atoms with van der Waals surface area (Å²) in [5.74, 6) is 0.793. The minimum atomic E-state index is -0.469. The molecule has 2 saturated heterocycles. The van der Waals surface area contributed by atoms with Gasteiger partial charge in [0.1, 0.15) is 5.60 Å². The number of rotatable bonds is 7.